The number of hydrogen-bond donors (Lipinski definition) is 0. The van der Waals surface area contributed by atoms with Crippen molar-refractivity contribution in [3.8, 4) is 5.75 Å². The van der Waals surface area contributed by atoms with E-state index in [-0.39, 0.29) is 5.75 Å². The molecule has 1 aromatic rings. The first-order valence-corrected chi connectivity index (χ1v) is 7.39. The van der Waals surface area contributed by atoms with Crippen molar-refractivity contribution in [2.24, 2.45) is 5.92 Å². The van der Waals surface area contributed by atoms with Crippen molar-refractivity contribution < 1.29 is 25.8 Å². The van der Waals surface area contributed by atoms with Crippen molar-refractivity contribution in [2.75, 3.05) is 0 Å². The fourth-order valence-electron chi connectivity index (χ4n) is 1.57. The molecule has 2 rings (SSSR count). The lowest BCUT2D eigenvalue weighted by molar-refractivity contribution is -0.0500. The third-order valence-corrected chi connectivity index (χ3v) is 3.78. The van der Waals surface area contributed by atoms with E-state index >= 15 is 0 Å². The Balaban J connectivity index is 2.31. The van der Waals surface area contributed by atoms with Gasteiger partial charge in [0.1, 0.15) is 5.75 Å². The molecule has 0 atom stereocenters. The molecule has 0 N–H and O–H groups in total. The first-order valence-electron chi connectivity index (χ1n) is 5.99. The van der Waals surface area contributed by atoms with Crippen LogP contribution in [-0.4, -0.2) is 13.9 Å². The quantitative estimate of drug-likeness (QED) is 0.630. The summed E-state index contributed by atoms with van der Waals surface area (Å²) in [5, 5.41) is 0. The van der Waals surface area contributed by atoms with Crippen LogP contribution in [0.1, 0.15) is 24.0 Å². The van der Waals surface area contributed by atoms with Gasteiger partial charge in [-0.05, 0) is 37.8 Å². The lowest BCUT2D eigenvalue weighted by Crippen LogP contribution is -2.28. The summed E-state index contributed by atoms with van der Waals surface area (Å²) in [6.07, 6.45) is 5.53. The maximum absolute atomic E-state index is 12.3. The molecule has 1 aliphatic rings. The first-order chi connectivity index (χ1) is 9.19. The maximum atomic E-state index is 12.3. The van der Waals surface area contributed by atoms with Crippen LogP contribution in [0.5, 0.6) is 5.75 Å². The second-order valence-electron chi connectivity index (χ2n) is 4.72. The van der Waals surface area contributed by atoms with E-state index in [4.69, 9.17) is 0 Å². The monoisotopic (exact) mass is 306 g/mol. The molecule has 0 aliphatic heterocycles. The molecule has 1 aliphatic carbocycles. The van der Waals surface area contributed by atoms with Gasteiger partial charge in [-0.25, -0.2) is 0 Å². The zero-order valence-corrected chi connectivity index (χ0v) is 11.5. The SMILES string of the molecule is Cc1ccc(OS(=O)(=O)C(F)(F)F)c(/C=C/C2CC2)c1. The van der Waals surface area contributed by atoms with Crippen LogP contribution in [-0.2, 0) is 10.1 Å². The summed E-state index contributed by atoms with van der Waals surface area (Å²) >= 11 is 0. The average Bonchev–Trinajstić information content (AvgIpc) is 3.11. The Morgan fingerprint density at radius 2 is 1.95 bits per heavy atom. The summed E-state index contributed by atoms with van der Waals surface area (Å²) in [5.41, 5.74) is -4.31. The van der Waals surface area contributed by atoms with Crippen LogP contribution in [0.3, 0.4) is 0 Å². The van der Waals surface area contributed by atoms with Crippen molar-refractivity contribution in [3.63, 3.8) is 0 Å². The number of halogens is 3. The predicted octanol–water partition coefficient (Wildman–Crippen LogP) is 3.65. The average molecular weight is 306 g/mol. The Labute approximate surface area is 115 Å². The zero-order valence-electron chi connectivity index (χ0n) is 10.6. The summed E-state index contributed by atoms with van der Waals surface area (Å²) in [4.78, 5) is 0. The van der Waals surface area contributed by atoms with Crippen LogP contribution >= 0.6 is 0 Å². The van der Waals surface area contributed by atoms with Crippen LogP contribution in [0.4, 0.5) is 13.2 Å². The third-order valence-electron chi connectivity index (χ3n) is 2.82. The lowest BCUT2D eigenvalue weighted by Gasteiger charge is -2.12. The van der Waals surface area contributed by atoms with Crippen molar-refractivity contribution in [2.45, 2.75) is 25.3 Å². The number of aryl methyl sites for hydroxylation is 1. The molecular weight excluding hydrogens is 293 g/mol. The lowest BCUT2D eigenvalue weighted by atomic mass is 10.1. The van der Waals surface area contributed by atoms with Gasteiger partial charge in [0.2, 0.25) is 0 Å². The van der Waals surface area contributed by atoms with Crippen LogP contribution in [0.15, 0.2) is 24.3 Å². The van der Waals surface area contributed by atoms with Crippen molar-refractivity contribution in [3.05, 3.63) is 35.4 Å². The highest BCUT2D eigenvalue weighted by molar-refractivity contribution is 7.88. The Morgan fingerprint density at radius 1 is 1.30 bits per heavy atom. The minimum absolute atomic E-state index is 0.315. The highest BCUT2D eigenvalue weighted by Gasteiger charge is 2.48. The summed E-state index contributed by atoms with van der Waals surface area (Å²) in [6, 6.07) is 4.31. The second kappa shape index (κ2) is 5.12. The van der Waals surface area contributed by atoms with Gasteiger partial charge in [-0.2, -0.15) is 21.6 Å². The van der Waals surface area contributed by atoms with Gasteiger partial charge in [0.15, 0.2) is 0 Å². The summed E-state index contributed by atoms with van der Waals surface area (Å²) in [6.45, 7) is 1.76. The molecule has 7 heteroatoms. The van der Waals surface area contributed by atoms with E-state index in [1.54, 1.807) is 19.1 Å². The molecule has 1 aromatic carbocycles. The molecule has 0 amide bonds. The molecule has 0 spiro atoms. The Hall–Kier alpha value is -1.50. The third kappa shape index (κ3) is 3.53. The molecule has 0 unspecified atom stereocenters. The van der Waals surface area contributed by atoms with E-state index in [0.717, 1.165) is 18.4 Å². The number of benzene rings is 1. The minimum atomic E-state index is -5.64. The highest BCUT2D eigenvalue weighted by atomic mass is 32.2. The summed E-state index contributed by atoms with van der Waals surface area (Å²) in [5.74, 6) is 0.104. The molecule has 0 heterocycles. The minimum Gasteiger partial charge on any atom is -0.375 e. The zero-order chi connectivity index (χ0) is 15.0. The van der Waals surface area contributed by atoms with Crippen LogP contribution in [0.2, 0.25) is 0 Å². The summed E-state index contributed by atoms with van der Waals surface area (Å²) < 4.78 is 63.2. The van der Waals surface area contributed by atoms with Gasteiger partial charge < -0.3 is 4.18 Å². The molecule has 0 saturated heterocycles. The van der Waals surface area contributed by atoms with Crippen LogP contribution in [0, 0.1) is 12.8 Å². The maximum Gasteiger partial charge on any atom is 0.534 e. The standard InChI is InChI=1S/C13H13F3O3S/c1-9-2-7-12(19-20(17,18)13(14,15)16)11(8-9)6-5-10-3-4-10/h2,5-8,10H,3-4H2,1H3/b6-5+. The second-order valence-corrected chi connectivity index (χ2v) is 6.26. The van der Waals surface area contributed by atoms with E-state index in [9.17, 15) is 21.6 Å². The molecule has 3 nitrogen and oxygen atoms in total. The van der Waals surface area contributed by atoms with Crippen LogP contribution < -0.4 is 4.18 Å². The molecule has 1 saturated carbocycles. The van der Waals surface area contributed by atoms with Gasteiger partial charge in [0.25, 0.3) is 0 Å². The van der Waals surface area contributed by atoms with Gasteiger partial charge in [0, 0.05) is 5.56 Å². The van der Waals surface area contributed by atoms with Crippen molar-refractivity contribution in [1.82, 2.24) is 0 Å². The van der Waals surface area contributed by atoms with Crippen LogP contribution in [0.25, 0.3) is 6.08 Å². The Bertz CT molecular complexity index is 629. The molecule has 0 bridgehead atoms. The largest absolute Gasteiger partial charge is 0.534 e. The number of allylic oxidation sites excluding steroid dienone is 1. The van der Waals surface area contributed by atoms with E-state index in [1.807, 2.05) is 6.08 Å². The number of rotatable bonds is 4. The Morgan fingerprint density at radius 3 is 2.50 bits per heavy atom. The molecule has 1 fully saturated rings. The molecule has 0 aromatic heterocycles. The molecule has 0 radical (unpaired) electrons. The van der Waals surface area contributed by atoms with Crippen molar-refractivity contribution in [1.29, 1.82) is 0 Å². The van der Waals surface area contributed by atoms with E-state index < -0.39 is 15.6 Å². The van der Waals surface area contributed by atoms with Gasteiger partial charge in [0.05, 0.1) is 0 Å². The van der Waals surface area contributed by atoms with Gasteiger partial charge in [-0.3, -0.25) is 0 Å². The molecular formula is C13H13F3O3S. The van der Waals surface area contributed by atoms with Crippen molar-refractivity contribution >= 4 is 16.2 Å². The van der Waals surface area contributed by atoms with Gasteiger partial charge in [-0.1, -0.05) is 23.8 Å². The smallest absolute Gasteiger partial charge is 0.375 e. The van der Waals surface area contributed by atoms with Gasteiger partial charge >= 0.3 is 15.6 Å². The Kier molecular flexibility index (Phi) is 3.82. The van der Waals surface area contributed by atoms with E-state index in [1.165, 1.54) is 12.1 Å². The topological polar surface area (TPSA) is 43.4 Å². The fourth-order valence-corrected chi connectivity index (χ4v) is 2.05. The predicted molar refractivity (Wildman–Crippen MR) is 68.5 cm³/mol. The normalized spacial score (nSPS) is 16.6. The highest BCUT2D eigenvalue weighted by Crippen LogP contribution is 2.33. The van der Waals surface area contributed by atoms with E-state index in [2.05, 4.69) is 4.18 Å². The van der Waals surface area contributed by atoms with Gasteiger partial charge in [-0.15, -0.1) is 0 Å². The molecule has 20 heavy (non-hydrogen) atoms. The first kappa shape index (κ1) is 14.9. The summed E-state index contributed by atoms with van der Waals surface area (Å²) in [7, 11) is -5.64. The number of alkyl halides is 3. The van der Waals surface area contributed by atoms with E-state index in [0.29, 0.717) is 11.5 Å². The number of hydrogen-bond acceptors (Lipinski definition) is 3. The fraction of sp³-hybridized carbons (Fsp3) is 0.385. The molecule has 110 valence electrons.